The first-order chi connectivity index (χ1) is 9.83. The fraction of sp³-hybridized carbons (Fsp3) is 0.500. The van der Waals surface area contributed by atoms with E-state index >= 15 is 0 Å². The third-order valence-electron chi connectivity index (χ3n) is 3.61. The van der Waals surface area contributed by atoms with E-state index in [1.54, 1.807) is 6.33 Å². The van der Waals surface area contributed by atoms with Gasteiger partial charge in [-0.25, -0.2) is 15.0 Å². The molecule has 6 heteroatoms. The Morgan fingerprint density at radius 1 is 1.40 bits per heavy atom. The summed E-state index contributed by atoms with van der Waals surface area (Å²) >= 11 is 0. The van der Waals surface area contributed by atoms with Crippen LogP contribution < -0.4 is 5.32 Å². The molecule has 1 fully saturated rings. The van der Waals surface area contributed by atoms with E-state index in [0.29, 0.717) is 5.92 Å². The molecule has 3 heterocycles. The molecule has 3 rings (SSSR count). The molecule has 20 heavy (non-hydrogen) atoms. The zero-order valence-corrected chi connectivity index (χ0v) is 11.6. The summed E-state index contributed by atoms with van der Waals surface area (Å²) < 4.78 is 7.43. The molecule has 1 aliphatic rings. The highest BCUT2D eigenvalue weighted by Gasteiger charge is 2.19. The largest absolute Gasteiger partial charge is 0.381 e. The maximum atomic E-state index is 5.40. The Kier molecular flexibility index (Phi) is 3.92. The highest BCUT2D eigenvalue weighted by atomic mass is 16.5. The number of rotatable bonds is 5. The number of aromatic nitrogens is 4. The van der Waals surface area contributed by atoms with Crippen LogP contribution >= 0.6 is 0 Å². The Morgan fingerprint density at radius 2 is 2.35 bits per heavy atom. The topological polar surface area (TPSA) is 64.9 Å². The summed E-state index contributed by atoms with van der Waals surface area (Å²) in [5, 5.41) is 3.33. The smallest absolute Gasteiger partial charge is 0.129 e. The molecular weight excluding hydrogens is 254 g/mol. The van der Waals surface area contributed by atoms with Crippen molar-refractivity contribution in [1.82, 2.24) is 19.5 Å². The fourth-order valence-corrected chi connectivity index (χ4v) is 2.40. The number of nitrogens with one attached hydrogen (secondary N) is 1. The van der Waals surface area contributed by atoms with Crippen LogP contribution in [0.2, 0.25) is 0 Å². The number of hydrogen-bond donors (Lipinski definition) is 1. The van der Waals surface area contributed by atoms with E-state index in [9.17, 15) is 0 Å². The molecule has 1 atom stereocenters. The van der Waals surface area contributed by atoms with Crippen LogP contribution in [0.5, 0.6) is 0 Å². The monoisotopic (exact) mass is 273 g/mol. The molecule has 2 aromatic rings. The molecule has 1 saturated heterocycles. The van der Waals surface area contributed by atoms with Crippen molar-refractivity contribution in [3.8, 4) is 0 Å². The predicted molar refractivity (Wildman–Crippen MR) is 75.6 cm³/mol. The lowest BCUT2D eigenvalue weighted by Gasteiger charge is -2.09. The highest BCUT2D eigenvalue weighted by molar-refractivity contribution is 5.36. The molecule has 0 saturated carbocycles. The van der Waals surface area contributed by atoms with E-state index in [1.807, 2.05) is 30.1 Å². The molecule has 0 aliphatic carbocycles. The van der Waals surface area contributed by atoms with Gasteiger partial charge in [0.15, 0.2) is 0 Å². The lowest BCUT2D eigenvalue weighted by Crippen LogP contribution is -2.10. The Hall–Kier alpha value is -1.95. The quantitative estimate of drug-likeness (QED) is 0.891. The molecule has 6 nitrogen and oxygen atoms in total. The van der Waals surface area contributed by atoms with Gasteiger partial charge in [-0.3, -0.25) is 0 Å². The molecular formula is C14H19N5O. The first kappa shape index (κ1) is 13.1. The van der Waals surface area contributed by atoms with Crippen LogP contribution in [0.3, 0.4) is 0 Å². The second kappa shape index (κ2) is 6.00. The lowest BCUT2D eigenvalue weighted by molar-refractivity contribution is 0.193. The fourth-order valence-electron chi connectivity index (χ4n) is 2.40. The third kappa shape index (κ3) is 2.96. The van der Waals surface area contributed by atoms with Gasteiger partial charge in [-0.1, -0.05) is 0 Å². The molecule has 1 aliphatic heterocycles. The second-order valence-electron chi connectivity index (χ2n) is 5.02. The third-order valence-corrected chi connectivity index (χ3v) is 3.61. The molecule has 0 radical (unpaired) electrons. The number of anilines is 1. The normalized spacial score (nSPS) is 18.4. The van der Waals surface area contributed by atoms with E-state index in [2.05, 4.69) is 20.3 Å². The molecule has 0 amide bonds. The van der Waals surface area contributed by atoms with Crippen molar-refractivity contribution < 1.29 is 4.74 Å². The minimum Gasteiger partial charge on any atom is -0.381 e. The molecule has 0 unspecified atom stereocenters. The summed E-state index contributed by atoms with van der Waals surface area (Å²) in [7, 11) is 2.01. The summed E-state index contributed by atoms with van der Waals surface area (Å²) in [5.41, 5.74) is 1.07. The minimum absolute atomic E-state index is 0.410. The maximum Gasteiger partial charge on any atom is 0.129 e. The lowest BCUT2D eigenvalue weighted by atomic mass is 10.1. The molecule has 0 spiro atoms. The van der Waals surface area contributed by atoms with Gasteiger partial charge in [0, 0.05) is 51.0 Å². The van der Waals surface area contributed by atoms with Crippen LogP contribution in [0, 0.1) is 0 Å². The van der Waals surface area contributed by atoms with E-state index < -0.39 is 0 Å². The van der Waals surface area contributed by atoms with Crippen LogP contribution in [0.15, 0.2) is 24.8 Å². The van der Waals surface area contributed by atoms with E-state index in [1.165, 1.54) is 0 Å². The molecule has 1 N–H and O–H groups in total. The standard InChI is InChI=1S/C14H19N5O/c1-19-6-5-16-14(19)2-4-15-13-8-12(17-10-18-13)11-3-7-20-9-11/h5-6,8,10-11H,2-4,7,9H2,1H3,(H,15,17,18)/t11-/m1/s1. The first-order valence-electron chi connectivity index (χ1n) is 6.92. The highest BCUT2D eigenvalue weighted by Crippen LogP contribution is 2.24. The van der Waals surface area contributed by atoms with E-state index in [-0.39, 0.29) is 0 Å². The van der Waals surface area contributed by atoms with Gasteiger partial charge in [0.25, 0.3) is 0 Å². The minimum atomic E-state index is 0.410. The van der Waals surface area contributed by atoms with Crippen LogP contribution in [-0.4, -0.2) is 39.3 Å². The summed E-state index contributed by atoms with van der Waals surface area (Å²) in [5.74, 6) is 2.35. The zero-order valence-electron chi connectivity index (χ0n) is 11.6. The van der Waals surface area contributed by atoms with Crippen molar-refractivity contribution in [1.29, 1.82) is 0 Å². The average Bonchev–Trinajstić information content (AvgIpc) is 3.12. The van der Waals surface area contributed by atoms with Gasteiger partial charge in [-0.2, -0.15) is 0 Å². The van der Waals surface area contributed by atoms with Gasteiger partial charge in [-0.05, 0) is 6.42 Å². The predicted octanol–water partition coefficient (Wildman–Crippen LogP) is 1.37. The van der Waals surface area contributed by atoms with Crippen LogP contribution in [-0.2, 0) is 18.2 Å². The van der Waals surface area contributed by atoms with Gasteiger partial charge in [-0.15, -0.1) is 0 Å². The Bertz CT molecular complexity index is 562. The van der Waals surface area contributed by atoms with Crippen molar-refractivity contribution in [2.24, 2.45) is 7.05 Å². The Balaban J connectivity index is 1.57. The van der Waals surface area contributed by atoms with Gasteiger partial charge < -0.3 is 14.6 Å². The van der Waals surface area contributed by atoms with Crippen molar-refractivity contribution in [3.05, 3.63) is 36.3 Å². The van der Waals surface area contributed by atoms with Gasteiger partial charge in [0.05, 0.1) is 12.3 Å². The van der Waals surface area contributed by atoms with Crippen molar-refractivity contribution in [3.63, 3.8) is 0 Å². The summed E-state index contributed by atoms with van der Waals surface area (Å²) in [6.45, 7) is 2.41. The number of nitrogens with zero attached hydrogens (tertiary/aromatic N) is 4. The number of imidazole rings is 1. The Labute approximate surface area is 118 Å². The molecule has 0 aromatic carbocycles. The summed E-state index contributed by atoms with van der Waals surface area (Å²) in [6, 6.07) is 2.03. The number of ether oxygens (including phenoxy) is 1. The Morgan fingerprint density at radius 3 is 3.10 bits per heavy atom. The van der Waals surface area contributed by atoms with E-state index in [4.69, 9.17) is 4.74 Å². The molecule has 106 valence electrons. The second-order valence-corrected chi connectivity index (χ2v) is 5.02. The SMILES string of the molecule is Cn1ccnc1CCNc1cc([C@@H]2CCOC2)ncn1. The average molecular weight is 273 g/mol. The van der Waals surface area contributed by atoms with Crippen molar-refractivity contribution in [2.75, 3.05) is 25.1 Å². The molecule has 2 aromatic heterocycles. The number of aryl methyl sites for hydroxylation is 1. The van der Waals surface area contributed by atoms with Crippen LogP contribution in [0.4, 0.5) is 5.82 Å². The van der Waals surface area contributed by atoms with Crippen LogP contribution in [0.1, 0.15) is 23.9 Å². The van der Waals surface area contributed by atoms with E-state index in [0.717, 1.165) is 49.9 Å². The van der Waals surface area contributed by atoms with Crippen molar-refractivity contribution in [2.45, 2.75) is 18.8 Å². The summed E-state index contributed by atoms with van der Waals surface area (Å²) in [6.07, 6.45) is 7.31. The van der Waals surface area contributed by atoms with Crippen molar-refractivity contribution >= 4 is 5.82 Å². The number of hydrogen-bond acceptors (Lipinski definition) is 5. The van der Waals surface area contributed by atoms with Gasteiger partial charge in [0.1, 0.15) is 18.0 Å². The first-order valence-corrected chi connectivity index (χ1v) is 6.92. The summed E-state index contributed by atoms with van der Waals surface area (Å²) in [4.78, 5) is 12.9. The molecule has 0 bridgehead atoms. The maximum absolute atomic E-state index is 5.40. The van der Waals surface area contributed by atoms with Gasteiger partial charge >= 0.3 is 0 Å². The van der Waals surface area contributed by atoms with Crippen LogP contribution in [0.25, 0.3) is 0 Å². The van der Waals surface area contributed by atoms with Gasteiger partial charge in [0.2, 0.25) is 0 Å². The zero-order chi connectivity index (χ0) is 13.8.